The van der Waals surface area contributed by atoms with Gasteiger partial charge < -0.3 is 10.1 Å². The maximum Gasteiger partial charge on any atom is 0.329 e. The SMILES string of the molecule is O=[N+]([O-])c1cnc2ccccc2c1OCC1CCNCC1. The monoisotopic (exact) mass is 287 g/mol. The van der Waals surface area contributed by atoms with Gasteiger partial charge in [-0.25, -0.2) is 4.98 Å². The Kier molecular flexibility index (Phi) is 3.96. The minimum atomic E-state index is -0.433. The predicted molar refractivity (Wildman–Crippen MR) is 79.5 cm³/mol. The fourth-order valence-corrected chi connectivity index (χ4v) is 2.64. The molecule has 0 saturated carbocycles. The number of rotatable bonds is 4. The Morgan fingerprint density at radius 2 is 2.10 bits per heavy atom. The van der Waals surface area contributed by atoms with Crippen LogP contribution in [-0.4, -0.2) is 29.6 Å². The number of nitrogens with zero attached hydrogens (tertiary/aromatic N) is 2. The second-order valence-electron chi connectivity index (χ2n) is 5.25. The summed E-state index contributed by atoms with van der Waals surface area (Å²) < 4.78 is 5.84. The van der Waals surface area contributed by atoms with Gasteiger partial charge in [-0.15, -0.1) is 0 Å². The molecule has 0 amide bonds. The van der Waals surface area contributed by atoms with E-state index >= 15 is 0 Å². The number of pyridine rings is 1. The molecular weight excluding hydrogens is 270 g/mol. The molecule has 1 aliphatic heterocycles. The maximum absolute atomic E-state index is 11.2. The number of nitrogens with one attached hydrogen (secondary N) is 1. The maximum atomic E-state index is 11.2. The van der Waals surface area contributed by atoms with Crippen molar-refractivity contribution in [3.63, 3.8) is 0 Å². The molecule has 0 atom stereocenters. The summed E-state index contributed by atoms with van der Waals surface area (Å²) in [6.07, 6.45) is 3.35. The number of benzene rings is 1. The lowest BCUT2D eigenvalue weighted by molar-refractivity contribution is -0.386. The Morgan fingerprint density at radius 1 is 1.33 bits per heavy atom. The number of para-hydroxylation sites is 1. The molecule has 2 heterocycles. The summed E-state index contributed by atoms with van der Waals surface area (Å²) in [4.78, 5) is 14.9. The molecule has 0 unspecified atom stereocenters. The first-order valence-corrected chi connectivity index (χ1v) is 7.11. The molecule has 1 saturated heterocycles. The molecule has 2 aromatic rings. The van der Waals surface area contributed by atoms with Crippen molar-refractivity contribution in [1.82, 2.24) is 10.3 Å². The highest BCUT2D eigenvalue weighted by molar-refractivity contribution is 5.88. The van der Waals surface area contributed by atoms with Gasteiger partial charge in [-0.05, 0) is 44.0 Å². The fraction of sp³-hybridized carbons (Fsp3) is 0.400. The minimum Gasteiger partial charge on any atom is -0.486 e. The number of nitro groups is 1. The average molecular weight is 287 g/mol. The zero-order valence-corrected chi connectivity index (χ0v) is 11.6. The second kappa shape index (κ2) is 6.05. The second-order valence-corrected chi connectivity index (χ2v) is 5.25. The number of aromatic nitrogens is 1. The van der Waals surface area contributed by atoms with Crippen molar-refractivity contribution < 1.29 is 9.66 Å². The van der Waals surface area contributed by atoms with Crippen LogP contribution in [0, 0.1) is 16.0 Å². The summed E-state index contributed by atoms with van der Waals surface area (Å²) in [6.45, 7) is 2.47. The molecular formula is C15H17N3O3. The van der Waals surface area contributed by atoms with Crippen molar-refractivity contribution in [1.29, 1.82) is 0 Å². The first kappa shape index (κ1) is 13.8. The first-order chi connectivity index (χ1) is 10.3. The zero-order valence-electron chi connectivity index (χ0n) is 11.6. The average Bonchev–Trinajstić information content (AvgIpc) is 2.53. The Morgan fingerprint density at radius 3 is 2.86 bits per heavy atom. The van der Waals surface area contributed by atoms with E-state index in [2.05, 4.69) is 10.3 Å². The number of ether oxygens (including phenoxy) is 1. The van der Waals surface area contributed by atoms with Crippen LogP contribution in [-0.2, 0) is 0 Å². The lowest BCUT2D eigenvalue weighted by Crippen LogP contribution is -2.30. The van der Waals surface area contributed by atoms with Crippen LogP contribution in [0.2, 0.25) is 0 Å². The third-order valence-corrected chi connectivity index (χ3v) is 3.83. The molecule has 0 spiro atoms. The van der Waals surface area contributed by atoms with E-state index in [1.165, 1.54) is 6.20 Å². The highest BCUT2D eigenvalue weighted by atomic mass is 16.6. The summed E-state index contributed by atoms with van der Waals surface area (Å²) in [7, 11) is 0. The smallest absolute Gasteiger partial charge is 0.329 e. The van der Waals surface area contributed by atoms with Gasteiger partial charge in [-0.1, -0.05) is 12.1 Å². The molecule has 1 aliphatic rings. The molecule has 1 fully saturated rings. The van der Waals surface area contributed by atoms with Gasteiger partial charge in [0.15, 0.2) is 0 Å². The van der Waals surface area contributed by atoms with E-state index in [4.69, 9.17) is 4.74 Å². The van der Waals surface area contributed by atoms with Gasteiger partial charge in [0.2, 0.25) is 5.75 Å². The number of piperidine rings is 1. The van der Waals surface area contributed by atoms with Crippen molar-refractivity contribution in [2.24, 2.45) is 5.92 Å². The van der Waals surface area contributed by atoms with Crippen LogP contribution in [0.4, 0.5) is 5.69 Å². The van der Waals surface area contributed by atoms with Crippen molar-refractivity contribution in [3.05, 3.63) is 40.6 Å². The third-order valence-electron chi connectivity index (χ3n) is 3.83. The standard InChI is InChI=1S/C15H17N3O3/c19-18(20)14-9-17-13-4-2-1-3-12(13)15(14)21-10-11-5-7-16-8-6-11/h1-4,9,11,16H,5-8,10H2. The van der Waals surface area contributed by atoms with Gasteiger partial charge in [-0.2, -0.15) is 0 Å². The predicted octanol–water partition coefficient (Wildman–Crippen LogP) is 2.52. The topological polar surface area (TPSA) is 77.3 Å². The van der Waals surface area contributed by atoms with E-state index in [1.807, 2.05) is 24.3 Å². The molecule has 110 valence electrons. The molecule has 1 aromatic heterocycles. The fourth-order valence-electron chi connectivity index (χ4n) is 2.64. The van der Waals surface area contributed by atoms with E-state index in [0.717, 1.165) is 25.9 Å². The summed E-state index contributed by atoms with van der Waals surface area (Å²) in [5, 5.41) is 15.2. The van der Waals surface area contributed by atoms with Crippen molar-refractivity contribution >= 4 is 16.6 Å². The molecule has 0 aliphatic carbocycles. The van der Waals surface area contributed by atoms with E-state index < -0.39 is 4.92 Å². The summed E-state index contributed by atoms with van der Waals surface area (Å²) in [5.41, 5.74) is 0.644. The van der Waals surface area contributed by atoms with Crippen molar-refractivity contribution in [3.8, 4) is 5.75 Å². The molecule has 0 bridgehead atoms. The van der Waals surface area contributed by atoms with Crippen LogP contribution >= 0.6 is 0 Å². The van der Waals surface area contributed by atoms with Gasteiger partial charge in [0, 0.05) is 5.39 Å². The van der Waals surface area contributed by atoms with Crippen LogP contribution in [0.1, 0.15) is 12.8 Å². The van der Waals surface area contributed by atoms with Crippen LogP contribution in [0.25, 0.3) is 10.9 Å². The number of hydrogen-bond donors (Lipinski definition) is 1. The van der Waals surface area contributed by atoms with E-state index in [0.29, 0.717) is 29.2 Å². The first-order valence-electron chi connectivity index (χ1n) is 7.11. The number of fused-ring (bicyclic) bond motifs is 1. The molecule has 0 radical (unpaired) electrons. The third kappa shape index (κ3) is 2.95. The van der Waals surface area contributed by atoms with Crippen molar-refractivity contribution in [2.75, 3.05) is 19.7 Å². The van der Waals surface area contributed by atoms with Crippen LogP contribution in [0.5, 0.6) is 5.75 Å². The molecule has 6 heteroatoms. The van der Waals surface area contributed by atoms with Crippen molar-refractivity contribution in [2.45, 2.75) is 12.8 Å². The highest BCUT2D eigenvalue weighted by Crippen LogP contribution is 2.34. The highest BCUT2D eigenvalue weighted by Gasteiger charge is 2.21. The van der Waals surface area contributed by atoms with Gasteiger partial charge in [0.25, 0.3) is 0 Å². The summed E-state index contributed by atoms with van der Waals surface area (Å²) in [5.74, 6) is 0.780. The van der Waals surface area contributed by atoms with Crippen LogP contribution < -0.4 is 10.1 Å². The molecule has 3 rings (SSSR count). The summed E-state index contributed by atoms with van der Waals surface area (Å²) in [6, 6.07) is 7.34. The van der Waals surface area contributed by atoms with Gasteiger partial charge in [0.05, 0.1) is 17.0 Å². The quantitative estimate of drug-likeness (QED) is 0.690. The van der Waals surface area contributed by atoms with Crippen LogP contribution in [0.3, 0.4) is 0 Å². The summed E-state index contributed by atoms with van der Waals surface area (Å²) >= 11 is 0. The molecule has 1 N–H and O–H groups in total. The van der Waals surface area contributed by atoms with Gasteiger partial charge in [-0.3, -0.25) is 10.1 Å². The molecule has 21 heavy (non-hydrogen) atoms. The van der Waals surface area contributed by atoms with E-state index in [1.54, 1.807) is 0 Å². The normalized spacial score (nSPS) is 16.0. The Hall–Kier alpha value is -2.21. The Bertz CT molecular complexity index is 654. The number of hydrogen-bond acceptors (Lipinski definition) is 5. The zero-order chi connectivity index (χ0) is 14.7. The Balaban J connectivity index is 1.90. The Labute approximate surface area is 122 Å². The minimum absolute atomic E-state index is 0.0670. The van der Waals surface area contributed by atoms with Gasteiger partial charge in [0.1, 0.15) is 6.20 Å². The lowest BCUT2D eigenvalue weighted by atomic mass is 9.99. The molecule has 6 nitrogen and oxygen atoms in total. The van der Waals surface area contributed by atoms with Crippen LogP contribution in [0.15, 0.2) is 30.5 Å². The lowest BCUT2D eigenvalue weighted by Gasteiger charge is -2.22. The van der Waals surface area contributed by atoms with Gasteiger partial charge >= 0.3 is 5.69 Å². The van der Waals surface area contributed by atoms with E-state index in [9.17, 15) is 10.1 Å². The largest absolute Gasteiger partial charge is 0.486 e. The molecule has 1 aromatic carbocycles. The van der Waals surface area contributed by atoms with E-state index in [-0.39, 0.29) is 5.69 Å².